The molecule has 0 radical (unpaired) electrons. The molecule has 0 fully saturated rings. The normalized spacial score (nSPS) is 12.2. The summed E-state index contributed by atoms with van der Waals surface area (Å²) in [6, 6.07) is 22.5. The van der Waals surface area contributed by atoms with E-state index >= 15 is 0 Å². The minimum absolute atomic E-state index is 0.131. The standard InChI is InChI=1S/C33H41N3O6/c1-32(2,3)41-30(38)27(19-26-17-18-28(34-21-26)35-31(39)42-33(4,5)6)20-29(37)36(22-24-13-9-7-10-14-24)40-23-25-15-11-8-12-16-25/h7-18,21,27H,19-20,22-23H2,1-6H3,(H,34,35,39). The first kappa shape index (κ1) is 32.3. The number of rotatable bonds is 11. The minimum atomic E-state index is -0.790. The van der Waals surface area contributed by atoms with Crippen molar-refractivity contribution in [1.29, 1.82) is 0 Å². The van der Waals surface area contributed by atoms with Crippen LogP contribution in [0.2, 0.25) is 0 Å². The van der Waals surface area contributed by atoms with Crippen LogP contribution in [0.15, 0.2) is 79.0 Å². The van der Waals surface area contributed by atoms with Crippen molar-refractivity contribution in [1.82, 2.24) is 10.0 Å². The second kappa shape index (κ2) is 14.6. The number of benzene rings is 2. The van der Waals surface area contributed by atoms with Gasteiger partial charge in [-0.2, -0.15) is 0 Å². The zero-order valence-corrected chi connectivity index (χ0v) is 25.3. The summed E-state index contributed by atoms with van der Waals surface area (Å²) >= 11 is 0. The smallest absolute Gasteiger partial charge is 0.413 e. The van der Waals surface area contributed by atoms with Gasteiger partial charge in [0, 0.05) is 12.6 Å². The highest BCUT2D eigenvalue weighted by molar-refractivity contribution is 5.84. The second-order valence-electron chi connectivity index (χ2n) is 12.0. The van der Waals surface area contributed by atoms with Crippen LogP contribution in [0.3, 0.4) is 0 Å². The van der Waals surface area contributed by atoms with Gasteiger partial charge in [-0.1, -0.05) is 66.7 Å². The molecular formula is C33H41N3O6. The Kier molecular flexibility index (Phi) is 11.2. The summed E-state index contributed by atoms with van der Waals surface area (Å²) in [6.45, 7) is 11.1. The summed E-state index contributed by atoms with van der Waals surface area (Å²) in [5.74, 6) is -1.32. The number of hydroxylamine groups is 2. The van der Waals surface area contributed by atoms with E-state index in [1.54, 1.807) is 59.9 Å². The molecule has 0 saturated carbocycles. The number of carbonyl (C=O) groups is 3. The maximum Gasteiger partial charge on any atom is 0.413 e. The topological polar surface area (TPSA) is 107 Å². The molecule has 0 aliphatic heterocycles. The van der Waals surface area contributed by atoms with Crippen molar-refractivity contribution < 1.29 is 28.7 Å². The highest BCUT2D eigenvalue weighted by atomic mass is 16.7. The zero-order valence-electron chi connectivity index (χ0n) is 25.3. The Hall–Kier alpha value is -4.24. The average Bonchev–Trinajstić information content (AvgIpc) is 2.90. The molecule has 3 aromatic rings. The van der Waals surface area contributed by atoms with Crippen LogP contribution in [0.5, 0.6) is 0 Å². The number of ether oxygens (including phenoxy) is 2. The molecule has 1 N–H and O–H groups in total. The number of esters is 1. The lowest BCUT2D eigenvalue weighted by Crippen LogP contribution is -2.36. The number of amides is 2. The monoisotopic (exact) mass is 575 g/mol. The quantitative estimate of drug-likeness (QED) is 0.206. The fraction of sp³-hybridized carbons (Fsp3) is 0.394. The van der Waals surface area contributed by atoms with E-state index in [1.807, 2.05) is 60.7 Å². The molecule has 0 saturated heterocycles. The largest absolute Gasteiger partial charge is 0.460 e. The van der Waals surface area contributed by atoms with E-state index in [4.69, 9.17) is 14.3 Å². The van der Waals surface area contributed by atoms with Crippen LogP contribution < -0.4 is 5.32 Å². The van der Waals surface area contributed by atoms with Crippen molar-refractivity contribution in [2.45, 2.75) is 78.7 Å². The third-order valence-corrected chi connectivity index (χ3v) is 5.77. The first-order valence-corrected chi connectivity index (χ1v) is 14.0. The second-order valence-corrected chi connectivity index (χ2v) is 12.0. The van der Waals surface area contributed by atoms with Crippen LogP contribution in [-0.2, 0) is 43.5 Å². The number of pyridine rings is 1. The molecule has 2 aromatic carbocycles. The SMILES string of the molecule is CC(C)(C)OC(=O)Nc1ccc(CC(CC(=O)N(Cc2ccccc2)OCc2ccccc2)C(=O)OC(C)(C)C)cn1. The molecular weight excluding hydrogens is 534 g/mol. The van der Waals surface area contributed by atoms with Crippen LogP contribution in [-0.4, -0.2) is 39.2 Å². The van der Waals surface area contributed by atoms with Crippen molar-refractivity contribution in [3.8, 4) is 0 Å². The summed E-state index contributed by atoms with van der Waals surface area (Å²) in [6.07, 6.45) is 1.02. The molecule has 9 nitrogen and oxygen atoms in total. The van der Waals surface area contributed by atoms with Gasteiger partial charge in [-0.25, -0.2) is 14.8 Å². The summed E-state index contributed by atoms with van der Waals surface area (Å²) in [4.78, 5) is 49.3. The van der Waals surface area contributed by atoms with Gasteiger partial charge in [0.1, 0.15) is 23.6 Å². The highest BCUT2D eigenvalue weighted by Gasteiger charge is 2.30. The molecule has 1 unspecified atom stereocenters. The Morgan fingerprint density at radius 3 is 1.93 bits per heavy atom. The predicted octanol–water partition coefficient (Wildman–Crippen LogP) is 6.48. The van der Waals surface area contributed by atoms with Gasteiger partial charge in [0.25, 0.3) is 0 Å². The van der Waals surface area contributed by atoms with Crippen LogP contribution in [0.1, 0.15) is 64.7 Å². The van der Waals surface area contributed by atoms with Crippen molar-refractivity contribution in [2.75, 3.05) is 5.32 Å². The Morgan fingerprint density at radius 1 is 0.786 bits per heavy atom. The van der Waals surface area contributed by atoms with E-state index in [0.29, 0.717) is 11.4 Å². The molecule has 1 aromatic heterocycles. The van der Waals surface area contributed by atoms with Gasteiger partial charge < -0.3 is 9.47 Å². The lowest BCUT2D eigenvalue weighted by molar-refractivity contribution is -0.197. The van der Waals surface area contributed by atoms with E-state index < -0.39 is 29.2 Å². The Balaban J connectivity index is 1.76. The van der Waals surface area contributed by atoms with Gasteiger partial charge in [0.2, 0.25) is 5.91 Å². The van der Waals surface area contributed by atoms with Gasteiger partial charge >= 0.3 is 12.1 Å². The fourth-order valence-electron chi connectivity index (χ4n) is 3.93. The first-order valence-electron chi connectivity index (χ1n) is 14.0. The lowest BCUT2D eigenvalue weighted by Gasteiger charge is -2.27. The minimum Gasteiger partial charge on any atom is -0.460 e. The van der Waals surface area contributed by atoms with E-state index in [1.165, 1.54) is 5.06 Å². The van der Waals surface area contributed by atoms with Gasteiger partial charge in [0.05, 0.1) is 12.5 Å². The summed E-state index contributed by atoms with van der Waals surface area (Å²) in [5.41, 5.74) is 1.14. The van der Waals surface area contributed by atoms with E-state index in [9.17, 15) is 14.4 Å². The summed E-state index contributed by atoms with van der Waals surface area (Å²) < 4.78 is 10.9. The van der Waals surface area contributed by atoms with Crippen molar-refractivity contribution in [3.63, 3.8) is 0 Å². The van der Waals surface area contributed by atoms with Crippen LogP contribution in [0.4, 0.5) is 10.6 Å². The number of carbonyl (C=O) groups excluding carboxylic acids is 3. The summed E-state index contributed by atoms with van der Waals surface area (Å²) in [5, 5.41) is 3.90. The zero-order chi connectivity index (χ0) is 30.8. The van der Waals surface area contributed by atoms with Crippen molar-refractivity contribution in [3.05, 3.63) is 95.7 Å². The molecule has 3 rings (SSSR count). The van der Waals surface area contributed by atoms with Gasteiger partial charge in [0.15, 0.2) is 0 Å². The van der Waals surface area contributed by atoms with Crippen molar-refractivity contribution in [2.24, 2.45) is 5.92 Å². The summed E-state index contributed by atoms with van der Waals surface area (Å²) in [7, 11) is 0. The number of nitrogens with zero attached hydrogens (tertiary/aromatic N) is 2. The first-order chi connectivity index (χ1) is 19.8. The number of hydrogen-bond donors (Lipinski definition) is 1. The average molecular weight is 576 g/mol. The highest BCUT2D eigenvalue weighted by Crippen LogP contribution is 2.22. The van der Waals surface area contributed by atoms with Crippen molar-refractivity contribution >= 4 is 23.8 Å². The van der Waals surface area contributed by atoms with Gasteiger partial charge in [-0.15, -0.1) is 0 Å². The third kappa shape index (κ3) is 11.7. The molecule has 224 valence electrons. The van der Waals surface area contributed by atoms with Gasteiger partial charge in [-0.3, -0.25) is 19.7 Å². The van der Waals surface area contributed by atoms with Crippen LogP contribution >= 0.6 is 0 Å². The number of anilines is 1. The Labute approximate surface area is 248 Å². The molecule has 42 heavy (non-hydrogen) atoms. The molecule has 0 spiro atoms. The van der Waals surface area contributed by atoms with E-state index in [-0.39, 0.29) is 31.9 Å². The van der Waals surface area contributed by atoms with E-state index in [2.05, 4.69) is 10.3 Å². The molecule has 9 heteroatoms. The van der Waals surface area contributed by atoms with Gasteiger partial charge in [-0.05, 0) is 70.7 Å². The number of aromatic nitrogens is 1. The third-order valence-electron chi connectivity index (χ3n) is 5.77. The Morgan fingerprint density at radius 2 is 1.38 bits per heavy atom. The molecule has 0 bridgehead atoms. The van der Waals surface area contributed by atoms with Crippen LogP contribution in [0.25, 0.3) is 0 Å². The number of nitrogens with one attached hydrogen (secondary N) is 1. The molecule has 1 heterocycles. The number of hydrogen-bond acceptors (Lipinski definition) is 7. The molecule has 0 aliphatic carbocycles. The molecule has 0 aliphatic rings. The maximum atomic E-state index is 13.6. The Bertz CT molecular complexity index is 1300. The fourth-order valence-corrected chi connectivity index (χ4v) is 3.93. The lowest BCUT2D eigenvalue weighted by atomic mass is 9.96. The van der Waals surface area contributed by atoms with E-state index in [0.717, 1.165) is 11.1 Å². The molecule has 1 atom stereocenters. The predicted molar refractivity (Wildman–Crippen MR) is 160 cm³/mol. The van der Waals surface area contributed by atoms with Crippen LogP contribution in [0, 0.1) is 5.92 Å². The molecule has 2 amide bonds. The maximum absolute atomic E-state index is 13.6.